The molecule has 2 saturated carbocycles. The van der Waals surface area contributed by atoms with E-state index in [1.807, 2.05) is 0 Å². The Morgan fingerprint density at radius 3 is 2.53 bits per heavy atom. The maximum atomic E-state index is 3.56. The summed E-state index contributed by atoms with van der Waals surface area (Å²) in [7, 11) is 2.14. The maximum absolute atomic E-state index is 3.56. The van der Waals surface area contributed by atoms with Crippen LogP contribution in [0.3, 0.4) is 0 Å². The van der Waals surface area contributed by atoms with E-state index in [4.69, 9.17) is 0 Å². The highest BCUT2D eigenvalue weighted by Gasteiger charge is 2.55. The summed E-state index contributed by atoms with van der Waals surface area (Å²) in [6.45, 7) is 0. The monoisotopic (exact) mass is 229 g/mol. The lowest BCUT2D eigenvalue weighted by atomic mass is 9.97. The van der Waals surface area contributed by atoms with Crippen molar-refractivity contribution in [3.05, 3.63) is 35.9 Å². The number of rotatable bonds is 5. The first-order valence-corrected chi connectivity index (χ1v) is 7.11. The van der Waals surface area contributed by atoms with E-state index in [1.165, 1.54) is 37.7 Å². The summed E-state index contributed by atoms with van der Waals surface area (Å²) in [5.74, 6) is 3.14. The molecule has 1 aromatic rings. The second-order valence-electron chi connectivity index (χ2n) is 5.76. The highest BCUT2D eigenvalue weighted by atomic mass is 14.9. The second-order valence-corrected chi connectivity index (χ2v) is 5.76. The fraction of sp³-hybridized carbons (Fsp3) is 0.625. The van der Waals surface area contributed by atoms with Crippen LogP contribution in [0.15, 0.2) is 30.3 Å². The van der Waals surface area contributed by atoms with E-state index in [0.29, 0.717) is 0 Å². The van der Waals surface area contributed by atoms with Gasteiger partial charge in [0.05, 0.1) is 0 Å². The fourth-order valence-electron chi connectivity index (χ4n) is 3.97. The molecule has 0 spiro atoms. The van der Waals surface area contributed by atoms with Gasteiger partial charge in [-0.25, -0.2) is 0 Å². The van der Waals surface area contributed by atoms with Gasteiger partial charge in [-0.05, 0) is 56.0 Å². The van der Waals surface area contributed by atoms with Crippen LogP contribution in [0.1, 0.15) is 31.2 Å². The molecule has 1 N–H and O–H groups in total. The van der Waals surface area contributed by atoms with Crippen molar-refractivity contribution in [2.45, 2.75) is 38.1 Å². The summed E-state index contributed by atoms with van der Waals surface area (Å²) < 4.78 is 0. The van der Waals surface area contributed by atoms with Crippen molar-refractivity contribution in [2.75, 3.05) is 7.05 Å². The third-order valence-electron chi connectivity index (χ3n) is 4.89. The van der Waals surface area contributed by atoms with Gasteiger partial charge in [-0.15, -0.1) is 0 Å². The van der Waals surface area contributed by atoms with Crippen molar-refractivity contribution in [3.63, 3.8) is 0 Å². The first kappa shape index (κ1) is 11.3. The Hall–Kier alpha value is -0.820. The highest BCUT2D eigenvalue weighted by molar-refractivity contribution is 5.15. The average Bonchev–Trinajstić information content (AvgIpc) is 2.86. The molecule has 17 heavy (non-hydrogen) atoms. The Kier molecular flexibility index (Phi) is 3.19. The SMILES string of the molecule is CNC(CCc1ccccc1)C1C2CCCC21. The Labute approximate surface area is 105 Å². The number of hydrogen-bond acceptors (Lipinski definition) is 1. The summed E-state index contributed by atoms with van der Waals surface area (Å²) in [6, 6.07) is 11.7. The topological polar surface area (TPSA) is 12.0 Å². The molecule has 0 saturated heterocycles. The normalized spacial score (nSPS) is 32.2. The van der Waals surface area contributed by atoms with Gasteiger partial charge in [0.15, 0.2) is 0 Å². The van der Waals surface area contributed by atoms with Crippen LogP contribution in [0.5, 0.6) is 0 Å². The van der Waals surface area contributed by atoms with Crippen molar-refractivity contribution in [3.8, 4) is 0 Å². The van der Waals surface area contributed by atoms with Crippen LogP contribution in [0.2, 0.25) is 0 Å². The molecule has 0 radical (unpaired) electrons. The van der Waals surface area contributed by atoms with Crippen LogP contribution in [0.4, 0.5) is 0 Å². The maximum Gasteiger partial charge on any atom is 0.0101 e. The quantitative estimate of drug-likeness (QED) is 0.817. The van der Waals surface area contributed by atoms with E-state index in [2.05, 4.69) is 42.7 Å². The lowest BCUT2D eigenvalue weighted by molar-refractivity contribution is 0.408. The van der Waals surface area contributed by atoms with Gasteiger partial charge in [-0.3, -0.25) is 0 Å². The van der Waals surface area contributed by atoms with E-state index < -0.39 is 0 Å². The van der Waals surface area contributed by atoms with Gasteiger partial charge in [0.2, 0.25) is 0 Å². The summed E-state index contributed by atoms with van der Waals surface area (Å²) in [6.07, 6.45) is 7.01. The van der Waals surface area contributed by atoms with E-state index >= 15 is 0 Å². The van der Waals surface area contributed by atoms with E-state index in [-0.39, 0.29) is 0 Å². The first-order valence-electron chi connectivity index (χ1n) is 7.11. The zero-order chi connectivity index (χ0) is 11.7. The summed E-state index contributed by atoms with van der Waals surface area (Å²) in [4.78, 5) is 0. The van der Waals surface area contributed by atoms with Crippen molar-refractivity contribution in [1.29, 1.82) is 0 Å². The van der Waals surface area contributed by atoms with Gasteiger partial charge >= 0.3 is 0 Å². The molecule has 0 heterocycles. The van der Waals surface area contributed by atoms with Gasteiger partial charge in [-0.1, -0.05) is 36.8 Å². The molecule has 1 heteroatoms. The minimum absolute atomic E-state index is 0.755. The zero-order valence-electron chi connectivity index (χ0n) is 10.7. The number of benzene rings is 1. The van der Waals surface area contributed by atoms with Gasteiger partial charge in [0.25, 0.3) is 0 Å². The molecule has 3 unspecified atom stereocenters. The minimum Gasteiger partial charge on any atom is -0.317 e. The molecule has 1 aromatic carbocycles. The zero-order valence-corrected chi connectivity index (χ0v) is 10.7. The molecular formula is C16H23N. The molecule has 0 aromatic heterocycles. The predicted octanol–water partition coefficient (Wildman–Crippen LogP) is 3.25. The predicted molar refractivity (Wildman–Crippen MR) is 71.9 cm³/mol. The van der Waals surface area contributed by atoms with Crippen LogP contribution in [-0.2, 0) is 6.42 Å². The largest absolute Gasteiger partial charge is 0.317 e. The Morgan fingerprint density at radius 2 is 1.88 bits per heavy atom. The Balaban J connectivity index is 1.53. The summed E-state index contributed by atoms with van der Waals surface area (Å²) in [5.41, 5.74) is 1.48. The van der Waals surface area contributed by atoms with Crippen LogP contribution in [0, 0.1) is 17.8 Å². The molecule has 3 rings (SSSR count). The molecule has 2 aliphatic rings. The van der Waals surface area contributed by atoms with Gasteiger partial charge < -0.3 is 5.32 Å². The lowest BCUT2D eigenvalue weighted by Crippen LogP contribution is -2.29. The van der Waals surface area contributed by atoms with Crippen molar-refractivity contribution < 1.29 is 0 Å². The third kappa shape index (κ3) is 2.26. The molecule has 0 bridgehead atoms. The number of hydrogen-bond donors (Lipinski definition) is 1. The van der Waals surface area contributed by atoms with E-state index in [1.54, 1.807) is 0 Å². The third-order valence-corrected chi connectivity index (χ3v) is 4.89. The number of nitrogens with one attached hydrogen (secondary N) is 1. The Morgan fingerprint density at radius 1 is 1.18 bits per heavy atom. The molecular weight excluding hydrogens is 206 g/mol. The lowest BCUT2D eigenvalue weighted by Gasteiger charge is -2.18. The average molecular weight is 229 g/mol. The highest BCUT2D eigenvalue weighted by Crippen LogP contribution is 2.59. The first-order chi connectivity index (χ1) is 8.40. The van der Waals surface area contributed by atoms with Crippen molar-refractivity contribution >= 4 is 0 Å². The van der Waals surface area contributed by atoms with Crippen LogP contribution in [0.25, 0.3) is 0 Å². The molecule has 2 fully saturated rings. The minimum atomic E-state index is 0.755. The smallest absolute Gasteiger partial charge is 0.0101 e. The molecule has 1 nitrogen and oxygen atoms in total. The summed E-state index contributed by atoms with van der Waals surface area (Å²) >= 11 is 0. The molecule has 0 aliphatic heterocycles. The van der Waals surface area contributed by atoms with Crippen LogP contribution >= 0.6 is 0 Å². The molecule has 2 aliphatic carbocycles. The van der Waals surface area contributed by atoms with Crippen LogP contribution in [-0.4, -0.2) is 13.1 Å². The van der Waals surface area contributed by atoms with Crippen molar-refractivity contribution in [1.82, 2.24) is 5.32 Å². The van der Waals surface area contributed by atoms with E-state index in [9.17, 15) is 0 Å². The summed E-state index contributed by atoms with van der Waals surface area (Å²) in [5, 5.41) is 3.56. The second kappa shape index (κ2) is 4.81. The molecule has 92 valence electrons. The van der Waals surface area contributed by atoms with E-state index in [0.717, 1.165) is 23.8 Å². The number of fused-ring (bicyclic) bond motifs is 1. The van der Waals surface area contributed by atoms with Gasteiger partial charge in [0, 0.05) is 6.04 Å². The number of aryl methyl sites for hydroxylation is 1. The van der Waals surface area contributed by atoms with Crippen molar-refractivity contribution in [2.24, 2.45) is 17.8 Å². The fourth-order valence-corrected chi connectivity index (χ4v) is 3.97. The standard InChI is InChI=1S/C16H23N/c1-17-15(16-13-8-5-9-14(13)16)11-10-12-6-3-2-4-7-12/h2-4,6-7,13-17H,5,8-11H2,1H3. The Bertz CT molecular complexity index is 349. The van der Waals surface area contributed by atoms with Crippen LogP contribution < -0.4 is 5.32 Å². The van der Waals surface area contributed by atoms with Gasteiger partial charge in [-0.2, -0.15) is 0 Å². The van der Waals surface area contributed by atoms with Gasteiger partial charge in [0.1, 0.15) is 0 Å². The molecule has 0 amide bonds. The molecule has 3 atom stereocenters.